The Kier molecular flexibility index (Phi) is 8.12. The van der Waals surface area contributed by atoms with E-state index < -0.39 is 12.0 Å². The molecule has 1 amide bonds. The highest BCUT2D eigenvalue weighted by Gasteiger charge is 2.26. The summed E-state index contributed by atoms with van der Waals surface area (Å²) in [6.07, 6.45) is 0. The second kappa shape index (κ2) is 9.58. The molecule has 1 atom stereocenters. The van der Waals surface area contributed by atoms with Crippen LogP contribution in [-0.2, 0) is 14.3 Å². The molecule has 0 aliphatic rings. The maximum atomic E-state index is 12.3. The van der Waals surface area contributed by atoms with Gasteiger partial charge in [0.2, 0.25) is 0 Å². The van der Waals surface area contributed by atoms with E-state index >= 15 is 0 Å². The van der Waals surface area contributed by atoms with E-state index in [-0.39, 0.29) is 18.4 Å². The van der Waals surface area contributed by atoms with Crippen LogP contribution in [0.1, 0.15) is 31.1 Å². The van der Waals surface area contributed by atoms with Crippen LogP contribution in [0.25, 0.3) is 0 Å². The maximum Gasteiger partial charge on any atom is 0.328 e. The number of nitrogens with one attached hydrogen (secondary N) is 1. The number of carbonyl (C=O) groups is 2. The van der Waals surface area contributed by atoms with Crippen LogP contribution < -0.4 is 5.32 Å². The normalized spacial score (nSPS) is 12.0. The summed E-state index contributed by atoms with van der Waals surface area (Å²) in [5, 5.41) is 2.73. The summed E-state index contributed by atoms with van der Waals surface area (Å²) >= 11 is 3.33. The Morgan fingerprint density at radius 2 is 1.91 bits per heavy atom. The molecule has 0 unspecified atom stereocenters. The molecule has 22 heavy (non-hydrogen) atoms. The van der Waals surface area contributed by atoms with Gasteiger partial charge in [0.25, 0.3) is 5.91 Å². The lowest BCUT2D eigenvalue weighted by Crippen LogP contribution is -2.45. The molecule has 0 heterocycles. The topological polar surface area (TPSA) is 64.6 Å². The largest absolute Gasteiger partial charge is 0.462 e. The van der Waals surface area contributed by atoms with Gasteiger partial charge in [-0.05, 0) is 40.9 Å². The molecular formula is C16H22BrNO4. The van der Waals surface area contributed by atoms with Gasteiger partial charge < -0.3 is 14.8 Å². The summed E-state index contributed by atoms with van der Waals surface area (Å²) in [6, 6.07) is 6.37. The first-order chi connectivity index (χ1) is 10.5. The third-order valence-electron chi connectivity index (χ3n) is 3.00. The Balaban J connectivity index is 2.66. The van der Waals surface area contributed by atoms with E-state index in [1.54, 1.807) is 18.2 Å². The Morgan fingerprint density at radius 1 is 1.23 bits per heavy atom. The smallest absolute Gasteiger partial charge is 0.328 e. The molecule has 5 nitrogen and oxygen atoms in total. The first-order valence-electron chi connectivity index (χ1n) is 7.27. The zero-order chi connectivity index (χ0) is 16.5. The highest BCUT2D eigenvalue weighted by Crippen LogP contribution is 2.16. The molecule has 0 bridgehead atoms. The standard InChI is InChI=1S/C16H22BrNO4/c1-4-21-9-10-22-16(20)14(11(2)3)18-15(19)12-7-5-6-8-13(12)17/h5-8,11,14H,4,9-10H2,1-3H3,(H,18,19)/t14-/m0/s1. The van der Waals surface area contributed by atoms with Crippen molar-refractivity contribution in [1.29, 1.82) is 0 Å². The minimum atomic E-state index is -0.693. The number of esters is 1. The summed E-state index contributed by atoms with van der Waals surface area (Å²) in [4.78, 5) is 24.4. The molecule has 1 aromatic rings. The Labute approximate surface area is 139 Å². The fraction of sp³-hybridized carbons (Fsp3) is 0.500. The third-order valence-corrected chi connectivity index (χ3v) is 3.69. The molecule has 6 heteroatoms. The van der Waals surface area contributed by atoms with Crippen molar-refractivity contribution in [3.05, 3.63) is 34.3 Å². The van der Waals surface area contributed by atoms with E-state index in [1.165, 1.54) is 0 Å². The molecule has 0 aliphatic carbocycles. The zero-order valence-corrected chi connectivity index (χ0v) is 14.7. The van der Waals surface area contributed by atoms with Gasteiger partial charge in [0.05, 0.1) is 12.2 Å². The van der Waals surface area contributed by atoms with E-state index in [1.807, 2.05) is 26.8 Å². The van der Waals surface area contributed by atoms with Crippen molar-refractivity contribution in [2.24, 2.45) is 5.92 Å². The van der Waals surface area contributed by atoms with E-state index in [0.29, 0.717) is 23.2 Å². The molecule has 0 radical (unpaired) electrons. The predicted molar refractivity (Wildman–Crippen MR) is 87.7 cm³/mol. The summed E-state index contributed by atoms with van der Waals surface area (Å²) in [7, 11) is 0. The molecule has 0 aliphatic heterocycles. The van der Waals surface area contributed by atoms with Gasteiger partial charge >= 0.3 is 5.97 Å². The van der Waals surface area contributed by atoms with Crippen LogP contribution in [0.3, 0.4) is 0 Å². The van der Waals surface area contributed by atoms with Gasteiger partial charge in [-0.3, -0.25) is 4.79 Å². The predicted octanol–water partition coefficient (Wildman–Crippen LogP) is 2.78. The van der Waals surface area contributed by atoms with Crippen molar-refractivity contribution in [3.8, 4) is 0 Å². The summed E-state index contributed by atoms with van der Waals surface area (Å²) in [5.74, 6) is -0.839. The molecule has 0 aromatic heterocycles. The summed E-state index contributed by atoms with van der Waals surface area (Å²) in [6.45, 7) is 6.69. The van der Waals surface area contributed by atoms with Crippen molar-refractivity contribution >= 4 is 27.8 Å². The maximum absolute atomic E-state index is 12.3. The minimum Gasteiger partial charge on any atom is -0.462 e. The molecule has 0 spiro atoms. The number of hydrogen-bond donors (Lipinski definition) is 1. The van der Waals surface area contributed by atoms with Gasteiger partial charge in [0.1, 0.15) is 12.6 Å². The van der Waals surface area contributed by atoms with Gasteiger partial charge in [0, 0.05) is 11.1 Å². The van der Waals surface area contributed by atoms with Crippen LogP contribution in [0.4, 0.5) is 0 Å². The molecule has 0 saturated carbocycles. The third kappa shape index (κ3) is 5.77. The number of hydrogen-bond acceptors (Lipinski definition) is 4. The van der Waals surface area contributed by atoms with Crippen LogP contribution in [0.2, 0.25) is 0 Å². The van der Waals surface area contributed by atoms with Crippen LogP contribution in [0.15, 0.2) is 28.7 Å². The van der Waals surface area contributed by atoms with Gasteiger partial charge in [-0.15, -0.1) is 0 Å². The summed E-state index contributed by atoms with van der Waals surface area (Å²) < 4.78 is 10.9. The number of carbonyl (C=O) groups excluding carboxylic acids is 2. The van der Waals surface area contributed by atoms with Crippen LogP contribution >= 0.6 is 15.9 Å². The zero-order valence-electron chi connectivity index (χ0n) is 13.1. The highest BCUT2D eigenvalue weighted by molar-refractivity contribution is 9.10. The average molecular weight is 372 g/mol. The molecule has 122 valence electrons. The molecule has 1 rings (SSSR count). The SMILES string of the molecule is CCOCCOC(=O)[C@@H](NC(=O)c1ccccc1Br)C(C)C. The second-order valence-corrected chi connectivity index (χ2v) is 5.89. The van der Waals surface area contributed by atoms with Crippen molar-refractivity contribution in [2.75, 3.05) is 19.8 Å². The Morgan fingerprint density at radius 3 is 2.50 bits per heavy atom. The first-order valence-corrected chi connectivity index (χ1v) is 8.06. The summed E-state index contributed by atoms with van der Waals surface area (Å²) in [5.41, 5.74) is 0.482. The van der Waals surface area contributed by atoms with E-state index in [0.717, 1.165) is 0 Å². The number of benzene rings is 1. The fourth-order valence-electron chi connectivity index (χ4n) is 1.80. The van der Waals surface area contributed by atoms with E-state index in [4.69, 9.17) is 9.47 Å². The molecule has 1 N–H and O–H groups in total. The lowest BCUT2D eigenvalue weighted by molar-refractivity contribution is -0.148. The lowest BCUT2D eigenvalue weighted by atomic mass is 10.0. The molecule has 1 aromatic carbocycles. The van der Waals surface area contributed by atoms with E-state index in [2.05, 4.69) is 21.2 Å². The molecule has 0 fully saturated rings. The van der Waals surface area contributed by atoms with Crippen LogP contribution in [0, 0.1) is 5.92 Å². The van der Waals surface area contributed by atoms with Gasteiger partial charge in [-0.25, -0.2) is 4.79 Å². The first kappa shape index (κ1) is 18.6. The Bertz CT molecular complexity index is 505. The van der Waals surface area contributed by atoms with Crippen molar-refractivity contribution in [1.82, 2.24) is 5.32 Å². The minimum absolute atomic E-state index is 0.0777. The fourth-order valence-corrected chi connectivity index (χ4v) is 2.26. The number of rotatable bonds is 8. The Hall–Kier alpha value is -1.40. The monoisotopic (exact) mass is 371 g/mol. The number of halogens is 1. The average Bonchev–Trinajstić information content (AvgIpc) is 2.49. The molecule has 0 saturated heterocycles. The quantitative estimate of drug-likeness (QED) is 0.563. The van der Waals surface area contributed by atoms with Gasteiger partial charge in [-0.2, -0.15) is 0 Å². The van der Waals surface area contributed by atoms with Crippen molar-refractivity contribution in [2.45, 2.75) is 26.8 Å². The van der Waals surface area contributed by atoms with Crippen molar-refractivity contribution in [3.63, 3.8) is 0 Å². The van der Waals surface area contributed by atoms with Gasteiger partial charge in [0.15, 0.2) is 0 Å². The highest BCUT2D eigenvalue weighted by atomic mass is 79.9. The van der Waals surface area contributed by atoms with E-state index in [9.17, 15) is 9.59 Å². The lowest BCUT2D eigenvalue weighted by Gasteiger charge is -2.21. The number of ether oxygens (including phenoxy) is 2. The van der Waals surface area contributed by atoms with Crippen LogP contribution in [0.5, 0.6) is 0 Å². The van der Waals surface area contributed by atoms with Gasteiger partial charge in [-0.1, -0.05) is 26.0 Å². The molecular weight excluding hydrogens is 350 g/mol. The van der Waals surface area contributed by atoms with Crippen molar-refractivity contribution < 1.29 is 19.1 Å². The number of amides is 1. The van der Waals surface area contributed by atoms with Crippen LogP contribution in [-0.4, -0.2) is 37.7 Å². The second-order valence-electron chi connectivity index (χ2n) is 5.04.